The van der Waals surface area contributed by atoms with Crippen molar-refractivity contribution in [1.29, 1.82) is 0 Å². The first-order valence-corrected chi connectivity index (χ1v) is 14.0. The van der Waals surface area contributed by atoms with Crippen LogP contribution in [0.15, 0.2) is 76.2 Å². The minimum absolute atomic E-state index is 0.0997. The van der Waals surface area contributed by atoms with Crippen LogP contribution in [0, 0.1) is 19.7 Å². The molecule has 0 saturated carbocycles. The van der Waals surface area contributed by atoms with E-state index in [0.29, 0.717) is 23.8 Å². The Bertz CT molecular complexity index is 1580. The van der Waals surface area contributed by atoms with E-state index in [1.54, 1.807) is 6.08 Å². The topological polar surface area (TPSA) is 60.8 Å². The van der Waals surface area contributed by atoms with Crippen molar-refractivity contribution >= 4 is 55.8 Å². The zero-order valence-corrected chi connectivity index (χ0v) is 23.9. The summed E-state index contributed by atoms with van der Waals surface area (Å²) in [5.74, 6) is 0.579. The monoisotopic (exact) mass is 608 g/mol. The molecule has 5 rings (SSSR count). The number of hydrogen-bond acceptors (Lipinski definition) is 5. The zero-order valence-electron chi connectivity index (χ0n) is 21.4. The molecule has 1 fully saturated rings. The fourth-order valence-electron chi connectivity index (χ4n) is 4.28. The van der Waals surface area contributed by atoms with Crippen LogP contribution in [0.5, 0.6) is 11.5 Å². The van der Waals surface area contributed by atoms with Gasteiger partial charge in [0.05, 0.1) is 18.0 Å². The predicted octanol–water partition coefficient (Wildman–Crippen LogP) is 7.35. The summed E-state index contributed by atoms with van der Waals surface area (Å²) < 4.78 is 27.7. The van der Waals surface area contributed by atoms with Gasteiger partial charge in [-0.05, 0) is 97.4 Å². The maximum Gasteiger partial charge on any atom is 0.293 e. The Hall–Kier alpha value is -3.56. The zero-order chi connectivity index (χ0) is 27.5. The van der Waals surface area contributed by atoms with E-state index in [-0.39, 0.29) is 30.1 Å². The maximum absolute atomic E-state index is 13.1. The van der Waals surface area contributed by atoms with E-state index in [4.69, 9.17) is 9.47 Å². The summed E-state index contributed by atoms with van der Waals surface area (Å²) in [6, 6.07) is 17.6. The molecule has 0 atom stereocenters. The average Bonchev–Trinajstić information content (AvgIpc) is 3.38. The summed E-state index contributed by atoms with van der Waals surface area (Å²) in [7, 11) is 0. The molecule has 2 amide bonds. The second-order valence-electron chi connectivity index (χ2n) is 9.17. The molecule has 6 nitrogen and oxygen atoms in total. The number of benzene rings is 3. The first kappa shape index (κ1) is 27.0. The molecule has 0 radical (unpaired) electrons. The Morgan fingerprint density at radius 3 is 2.38 bits per heavy atom. The number of fused-ring (bicyclic) bond motifs is 1. The van der Waals surface area contributed by atoms with Crippen LogP contribution in [-0.4, -0.2) is 40.4 Å². The first-order chi connectivity index (χ1) is 18.8. The van der Waals surface area contributed by atoms with Gasteiger partial charge >= 0.3 is 0 Å². The van der Waals surface area contributed by atoms with Gasteiger partial charge in [0, 0.05) is 27.1 Å². The van der Waals surface area contributed by atoms with Crippen LogP contribution in [-0.2, 0) is 11.3 Å². The smallest absolute Gasteiger partial charge is 0.293 e. The quantitative estimate of drug-likeness (QED) is 0.186. The molecular formula is C30H26BrFN2O4S. The van der Waals surface area contributed by atoms with E-state index in [2.05, 4.69) is 34.3 Å². The third kappa shape index (κ3) is 6.20. The molecule has 0 aliphatic carbocycles. The molecule has 1 saturated heterocycles. The highest BCUT2D eigenvalue weighted by molar-refractivity contribution is 9.10. The van der Waals surface area contributed by atoms with Crippen molar-refractivity contribution in [2.45, 2.75) is 20.4 Å². The molecule has 1 aliphatic rings. The van der Waals surface area contributed by atoms with Crippen LogP contribution in [0.3, 0.4) is 0 Å². The average molecular weight is 610 g/mol. The van der Waals surface area contributed by atoms with Crippen molar-refractivity contribution in [2.24, 2.45) is 0 Å². The number of carbonyl (C=O) groups is 2. The van der Waals surface area contributed by atoms with Gasteiger partial charge in [-0.25, -0.2) is 4.39 Å². The molecule has 2 heterocycles. The van der Waals surface area contributed by atoms with Crippen molar-refractivity contribution in [3.05, 3.63) is 98.7 Å². The number of halogens is 2. The van der Waals surface area contributed by atoms with E-state index in [9.17, 15) is 14.0 Å². The Morgan fingerprint density at radius 1 is 0.897 bits per heavy atom. The Morgan fingerprint density at radius 2 is 1.62 bits per heavy atom. The summed E-state index contributed by atoms with van der Waals surface area (Å²) in [5, 5.41) is 0.614. The van der Waals surface area contributed by atoms with Crippen LogP contribution in [0.2, 0.25) is 0 Å². The fourth-order valence-corrected chi connectivity index (χ4v) is 5.50. The lowest BCUT2D eigenvalue weighted by molar-refractivity contribution is -0.123. The van der Waals surface area contributed by atoms with E-state index in [1.165, 1.54) is 40.3 Å². The number of aryl methyl sites for hydroxylation is 2. The van der Waals surface area contributed by atoms with Crippen LogP contribution >= 0.6 is 27.7 Å². The third-order valence-corrected chi connectivity index (χ3v) is 7.91. The highest BCUT2D eigenvalue weighted by Gasteiger charge is 2.35. The van der Waals surface area contributed by atoms with Crippen molar-refractivity contribution in [2.75, 3.05) is 19.8 Å². The van der Waals surface area contributed by atoms with Crippen molar-refractivity contribution in [3.63, 3.8) is 0 Å². The predicted molar refractivity (Wildman–Crippen MR) is 156 cm³/mol. The minimum atomic E-state index is -0.360. The van der Waals surface area contributed by atoms with E-state index in [1.807, 2.05) is 42.6 Å². The molecule has 3 aromatic carbocycles. The number of nitrogens with zero attached hydrogens (tertiary/aromatic N) is 2. The van der Waals surface area contributed by atoms with Crippen LogP contribution in [0.25, 0.3) is 17.0 Å². The van der Waals surface area contributed by atoms with E-state index >= 15 is 0 Å². The van der Waals surface area contributed by atoms with Gasteiger partial charge in [-0.15, -0.1) is 0 Å². The maximum atomic E-state index is 13.1. The van der Waals surface area contributed by atoms with Crippen LogP contribution in [0.1, 0.15) is 16.7 Å². The highest BCUT2D eigenvalue weighted by Crippen LogP contribution is 2.35. The van der Waals surface area contributed by atoms with Gasteiger partial charge in [0.2, 0.25) is 0 Å². The molecule has 1 aromatic heterocycles. The Balaban J connectivity index is 1.30. The molecule has 0 bridgehead atoms. The van der Waals surface area contributed by atoms with Crippen molar-refractivity contribution in [3.8, 4) is 11.5 Å². The van der Waals surface area contributed by atoms with Crippen LogP contribution in [0.4, 0.5) is 9.18 Å². The number of rotatable bonds is 9. The molecule has 4 aromatic rings. The second kappa shape index (κ2) is 11.7. The van der Waals surface area contributed by atoms with E-state index in [0.717, 1.165) is 38.5 Å². The van der Waals surface area contributed by atoms with Gasteiger partial charge in [-0.3, -0.25) is 14.5 Å². The third-order valence-electron chi connectivity index (χ3n) is 6.51. The molecule has 1 aliphatic heterocycles. The van der Waals surface area contributed by atoms with Gasteiger partial charge < -0.3 is 14.0 Å². The van der Waals surface area contributed by atoms with Crippen molar-refractivity contribution < 1.29 is 23.5 Å². The molecule has 0 unspecified atom stereocenters. The summed E-state index contributed by atoms with van der Waals surface area (Å²) >= 11 is 4.46. The number of carbonyl (C=O) groups excluding carboxylic acids is 2. The minimum Gasteiger partial charge on any atom is -0.492 e. The van der Waals surface area contributed by atoms with Gasteiger partial charge in [-0.2, -0.15) is 0 Å². The van der Waals surface area contributed by atoms with Gasteiger partial charge in [-0.1, -0.05) is 22.0 Å². The van der Waals surface area contributed by atoms with Crippen LogP contribution < -0.4 is 9.47 Å². The summed E-state index contributed by atoms with van der Waals surface area (Å²) in [4.78, 5) is 27.2. The lowest BCUT2D eigenvalue weighted by Crippen LogP contribution is -2.32. The SMILES string of the molecule is Cc1ccc(OCCn2cc(/C=C3\SC(=O)N(CCOc4ccc(F)cc4)C3=O)c3cc(Br)ccc32)cc1C. The lowest BCUT2D eigenvalue weighted by atomic mass is 10.1. The number of hydrogen-bond donors (Lipinski definition) is 0. The molecule has 39 heavy (non-hydrogen) atoms. The summed E-state index contributed by atoms with van der Waals surface area (Å²) in [6.07, 6.45) is 3.74. The molecule has 200 valence electrons. The molecule has 0 spiro atoms. The molecule has 9 heteroatoms. The number of aromatic nitrogens is 1. The standard InChI is InChI=1S/C30H26BrFN2O4S/c1-19-3-7-25(15-20(19)2)38-13-11-33-18-21(26-17-22(31)4-10-27(26)33)16-28-29(35)34(30(36)39-28)12-14-37-24-8-5-23(32)6-9-24/h3-10,15-18H,11-14H2,1-2H3/b28-16-. The van der Waals surface area contributed by atoms with E-state index < -0.39 is 0 Å². The largest absolute Gasteiger partial charge is 0.492 e. The van der Waals surface area contributed by atoms with Gasteiger partial charge in [0.15, 0.2) is 0 Å². The summed E-state index contributed by atoms with van der Waals surface area (Å²) in [6.45, 7) is 5.44. The Kier molecular flexibility index (Phi) is 8.09. The number of imide groups is 1. The molecular weight excluding hydrogens is 583 g/mol. The summed E-state index contributed by atoms with van der Waals surface area (Å²) in [5.41, 5.74) is 4.24. The van der Waals surface area contributed by atoms with Crippen molar-refractivity contribution in [1.82, 2.24) is 9.47 Å². The number of ether oxygens (including phenoxy) is 2. The number of amides is 2. The second-order valence-corrected chi connectivity index (χ2v) is 11.1. The lowest BCUT2D eigenvalue weighted by Gasteiger charge is -2.13. The van der Waals surface area contributed by atoms with Gasteiger partial charge in [0.1, 0.15) is 30.5 Å². The normalized spacial score (nSPS) is 14.6. The van der Waals surface area contributed by atoms with Gasteiger partial charge in [0.25, 0.3) is 11.1 Å². The molecule has 0 N–H and O–H groups in total. The Labute approximate surface area is 238 Å². The number of thioether (sulfide) groups is 1. The first-order valence-electron chi connectivity index (χ1n) is 12.4. The fraction of sp³-hybridized carbons (Fsp3) is 0.200. The highest BCUT2D eigenvalue weighted by atomic mass is 79.9.